The van der Waals surface area contributed by atoms with Crippen LogP contribution in [0.5, 0.6) is 5.75 Å². The molecule has 37 heavy (non-hydrogen) atoms. The summed E-state index contributed by atoms with van der Waals surface area (Å²) in [5.41, 5.74) is 0.216. The number of piperidine rings is 1. The van der Waals surface area contributed by atoms with E-state index in [-0.39, 0.29) is 17.7 Å². The van der Waals surface area contributed by atoms with Crippen molar-refractivity contribution in [1.29, 1.82) is 0 Å². The predicted molar refractivity (Wildman–Crippen MR) is 131 cm³/mol. The third-order valence-electron chi connectivity index (χ3n) is 6.26. The fourth-order valence-corrected chi connectivity index (χ4v) is 6.08. The number of likely N-dealkylation sites (tertiary alicyclic amines) is 1. The largest absolute Gasteiger partial charge is 0.461 e. The molecule has 1 heterocycles. The molecule has 0 unspecified atom stereocenters. The van der Waals surface area contributed by atoms with Gasteiger partial charge in [-0.1, -0.05) is 31.2 Å². The normalized spacial score (nSPS) is 17.0. The molecule has 6 nitrogen and oxygen atoms in total. The number of alkyl halides is 4. The van der Waals surface area contributed by atoms with E-state index in [0.29, 0.717) is 24.2 Å². The zero-order valence-electron chi connectivity index (χ0n) is 21.1. The number of rotatable bonds is 8. The second-order valence-corrected chi connectivity index (χ2v) is 12.2. The van der Waals surface area contributed by atoms with Crippen LogP contribution in [0.25, 0.3) is 11.1 Å². The zero-order chi connectivity index (χ0) is 27.6. The molecule has 2 aromatic rings. The summed E-state index contributed by atoms with van der Waals surface area (Å²) in [6.07, 6.45) is -8.39. The summed E-state index contributed by atoms with van der Waals surface area (Å²) in [6, 6.07) is 10.9. The van der Waals surface area contributed by atoms with Gasteiger partial charge >= 0.3 is 18.5 Å². The maximum absolute atomic E-state index is 13.8. The van der Waals surface area contributed by atoms with E-state index in [0.717, 1.165) is 18.7 Å². The maximum Gasteiger partial charge on any atom is 0.461 e. The Morgan fingerprint density at radius 1 is 0.973 bits per heavy atom. The van der Waals surface area contributed by atoms with E-state index in [4.69, 9.17) is 4.74 Å². The Hall–Kier alpha value is -2.66. The van der Waals surface area contributed by atoms with E-state index in [1.165, 1.54) is 36.4 Å². The van der Waals surface area contributed by atoms with Crippen LogP contribution < -0.4 is 4.74 Å². The van der Waals surface area contributed by atoms with Gasteiger partial charge in [-0.15, -0.1) is 0 Å². The monoisotopic (exact) mass is 545 g/mol. The highest BCUT2D eigenvalue weighted by Crippen LogP contribution is 2.38. The van der Waals surface area contributed by atoms with Crippen LogP contribution >= 0.6 is 0 Å². The molecule has 204 valence electrons. The molecule has 3 rings (SSSR count). The molecule has 1 fully saturated rings. The van der Waals surface area contributed by atoms with Crippen molar-refractivity contribution in [3.8, 4) is 16.9 Å². The Morgan fingerprint density at radius 3 is 1.89 bits per heavy atom. The van der Waals surface area contributed by atoms with E-state index in [1.54, 1.807) is 20.8 Å². The fraction of sp³-hybridized carbons (Fsp3) is 0.500. The van der Waals surface area contributed by atoms with Crippen molar-refractivity contribution in [3.05, 3.63) is 48.5 Å². The second kappa shape index (κ2) is 10.6. The first-order valence-electron chi connectivity index (χ1n) is 11.9. The lowest BCUT2D eigenvalue weighted by Crippen LogP contribution is -2.56. The molecular weight excluding hydrogens is 514 g/mol. The van der Waals surface area contributed by atoms with Gasteiger partial charge < -0.3 is 14.4 Å². The summed E-state index contributed by atoms with van der Waals surface area (Å²) in [6.45, 7) is 8.64. The van der Waals surface area contributed by atoms with Crippen molar-refractivity contribution in [2.45, 2.75) is 68.3 Å². The third kappa shape index (κ3) is 6.26. The predicted octanol–water partition coefficient (Wildman–Crippen LogP) is 5.56. The number of halogens is 4. The Labute approximate surface area is 214 Å². The second-order valence-electron chi connectivity index (χ2n) is 9.95. The first-order chi connectivity index (χ1) is 17.1. The molecule has 0 spiro atoms. The minimum absolute atomic E-state index is 0.0383. The van der Waals surface area contributed by atoms with Gasteiger partial charge in [-0.2, -0.15) is 17.6 Å². The van der Waals surface area contributed by atoms with Crippen LogP contribution in [0.3, 0.4) is 0 Å². The number of benzene rings is 2. The molecule has 11 heteroatoms. The van der Waals surface area contributed by atoms with Crippen LogP contribution in [0.15, 0.2) is 53.4 Å². The standard InChI is InChI=1S/C26H31F4NO5S/c1-5-31-16-14-25(15-17-31,23(32)36-24(2,3)4)37(33,34)21-12-8-19(9-13-21)18-6-10-20(11-7-18)35-26(29,30)22(27)28/h6-13,22H,5,14-17H2,1-4H3. The minimum Gasteiger partial charge on any atom is -0.459 e. The smallest absolute Gasteiger partial charge is 0.459 e. The fourth-order valence-electron chi connectivity index (χ4n) is 4.15. The Balaban J connectivity index is 1.88. The molecule has 2 aromatic carbocycles. The number of carbonyl (C=O) groups is 1. The Bertz CT molecular complexity index is 1180. The maximum atomic E-state index is 13.8. The van der Waals surface area contributed by atoms with Gasteiger partial charge in [0.1, 0.15) is 11.4 Å². The van der Waals surface area contributed by atoms with Gasteiger partial charge in [-0.3, -0.25) is 4.79 Å². The van der Waals surface area contributed by atoms with Crippen molar-refractivity contribution in [2.75, 3.05) is 19.6 Å². The lowest BCUT2D eigenvalue weighted by Gasteiger charge is -2.40. The van der Waals surface area contributed by atoms with Crippen LogP contribution in [-0.4, -0.2) is 61.8 Å². The van der Waals surface area contributed by atoms with Gasteiger partial charge in [-0.25, -0.2) is 8.42 Å². The van der Waals surface area contributed by atoms with E-state index in [2.05, 4.69) is 9.64 Å². The van der Waals surface area contributed by atoms with Crippen LogP contribution in [-0.2, 0) is 19.4 Å². The molecule has 0 bridgehead atoms. The number of nitrogens with zero attached hydrogens (tertiary/aromatic N) is 1. The number of sulfone groups is 1. The SMILES string of the molecule is CCN1CCC(C(=O)OC(C)(C)C)(S(=O)(=O)c2ccc(-c3ccc(OC(F)(F)C(F)F)cc3)cc2)CC1. The van der Waals surface area contributed by atoms with E-state index in [1.807, 2.05) is 6.92 Å². The highest BCUT2D eigenvalue weighted by atomic mass is 32.2. The zero-order valence-corrected chi connectivity index (χ0v) is 22.0. The van der Waals surface area contributed by atoms with Gasteiger partial charge in [0.2, 0.25) is 0 Å². The van der Waals surface area contributed by atoms with Crippen LogP contribution in [0.1, 0.15) is 40.5 Å². The summed E-state index contributed by atoms with van der Waals surface area (Å²) in [4.78, 5) is 15.3. The lowest BCUT2D eigenvalue weighted by atomic mass is 9.95. The topological polar surface area (TPSA) is 72.9 Å². The van der Waals surface area contributed by atoms with Gasteiger partial charge in [-0.05, 0) is 75.5 Å². The summed E-state index contributed by atoms with van der Waals surface area (Å²) in [5.74, 6) is -1.21. The average molecular weight is 546 g/mol. The van der Waals surface area contributed by atoms with E-state index < -0.39 is 44.4 Å². The highest BCUT2D eigenvalue weighted by molar-refractivity contribution is 7.93. The molecule has 0 aliphatic carbocycles. The molecule has 1 saturated heterocycles. The summed E-state index contributed by atoms with van der Waals surface area (Å²) in [5, 5.41) is 0. The summed E-state index contributed by atoms with van der Waals surface area (Å²) < 4.78 is 86.5. The molecule has 0 amide bonds. The molecule has 1 aliphatic rings. The first-order valence-corrected chi connectivity index (χ1v) is 13.4. The van der Waals surface area contributed by atoms with Crippen molar-refractivity contribution >= 4 is 15.8 Å². The van der Waals surface area contributed by atoms with Gasteiger partial charge in [0, 0.05) is 13.1 Å². The highest BCUT2D eigenvalue weighted by Gasteiger charge is 2.54. The Kier molecular flexibility index (Phi) is 8.28. The molecule has 0 saturated carbocycles. The van der Waals surface area contributed by atoms with Crippen molar-refractivity contribution in [1.82, 2.24) is 4.90 Å². The molecular formula is C26H31F4NO5S. The number of hydrogen-bond donors (Lipinski definition) is 0. The van der Waals surface area contributed by atoms with Crippen LogP contribution in [0.4, 0.5) is 17.6 Å². The lowest BCUT2D eigenvalue weighted by molar-refractivity contribution is -0.253. The molecule has 0 radical (unpaired) electrons. The minimum atomic E-state index is -4.62. The van der Waals surface area contributed by atoms with Crippen molar-refractivity contribution in [3.63, 3.8) is 0 Å². The quantitative estimate of drug-likeness (QED) is 0.320. The summed E-state index contributed by atoms with van der Waals surface area (Å²) >= 11 is 0. The number of carbonyl (C=O) groups excluding carboxylic acids is 1. The number of hydrogen-bond acceptors (Lipinski definition) is 6. The summed E-state index contributed by atoms with van der Waals surface area (Å²) in [7, 11) is -4.14. The van der Waals surface area contributed by atoms with E-state index in [9.17, 15) is 30.8 Å². The first kappa shape index (κ1) is 28.9. The Morgan fingerprint density at radius 2 is 1.46 bits per heavy atom. The number of ether oxygens (including phenoxy) is 2. The molecule has 0 atom stereocenters. The van der Waals surface area contributed by atoms with Gasteiger partial charge in [0.15, 0.2) is 14.6 Å². The van der Waals surface area contributed by atoms with Crippen LogP contribution in [0, 0.1) is 0 Å². The molecule has 0 aromatic heterocycles. The van der Waals surface area contributed by atoms with Gasteiger partial charge in [0.05, 0.1) is 4.90 Å². The number of esters is 1. The van der Waals surface area contributed by atoms with Crippen LogP contribution in [0.2, 0.25) is 0 Å². The van der Waals surface area contributed by atoms with E-state index >= 15 is 0 Å². The van der Waals surface area contributed by atoms with Gasteiger partial charge in [0.25, 0.3) is 0 Å². The molecule has 0 N–H and O–H groups in total. The van der Waals surface area contributed by atoms with Crippen molar-refractivity contribution in [2.24, 2.45) is 0 Å². The average Bonchev–Trinajstić information content (AvgIpc) is 2.83. The van der Waals surface area contributed by atoms with Crippen molar-refractivity contribution < 1.29 is 40.2 Å². The molecule has 1 aliphatic heterocycles. The third-order valence-corrected chi connectivity index (χ3v) is 8.75.